The zero-order chi connectivity index (χ0) is 11.4. The summed E-state index contributed by atoms with van der Waals surface area (Å²) in [7, 11) is 0. The van der Waals surface area contributed by atoms with E-state index in [1.54, 1.807) is 0 Å². The molecule has 0 aliphatic rings. The number of allylic oxidation sites excluding steroid dienone is 1. The topological polar surface area (TPSA) is 23.8 Å². The normalized spacial score (nSPS) is 9.69. The zero-order valence-electron chi connectivity index (χ0n) is 8.81. The molecule has 2 heteroatoms. The number of rotatable bonds is 3. The number of hydrogen-bond acceptors (Lipinski definition) is 2. The third-order valence-corrected chi connectivity index (χ3v) is 3.37. The van der Waals surface area contributed by atoms with Crippen molar-refractivity contribution in [2.75, 3.05) is 0 Å². The molecule has 0 bridgehead atoms. The number of thiophene rings is 1. The Kier molecular flexibility index (Phi) is 3.19. The lowest BCUT2D eigenvalue weighted by molar-refractivity contribution is 1.28. The minimum absolute atomic E-state index is 0.755. The number of nitriles is 1. The molecule has 2 rings (SSSR count). The summed E-state index contributed by atoms with van der Waals surface area (Å²) in [5.41, 5.74) is 2.43. The molecule has 78 valence electrons. The van der Waals surface area contributed by atoms with Crippen molar-refractivity contribution in [1.82, 2.24) is 0 Å². The molecule has 0 N–H and O–H groups in total. The van der Waals surface area contributed by atoms with E-state index in [1.165, 1.54) is 22.5 Å². The fourth-order valence-corrected chi connectivity index (χ4v) is 2.33. The van der Waals surface area contributed by atoms with E-state index in [4.69, 9.17) is 5.26 Å². The molecule has 0 atom stereocenters. The van der Waals surface area contributed by atoms with Crippen LogP contribution >= 0.6 is 11.3 Å². The van der Waals surface area contributed by atoms with Crippen LogP contribution in [0, 0.1) is 11.3 Å². The Morgan fingerprint density at radius 3 is 2.50 bits per heavy atom. The average molecular weight is 225 g/mol. The van der Waals surface area contributed by atoms with E-state index in [-0.39, 0.29) is 0 Å². The second-order valence-corrected chi connectivity index (χ2v) is 4.55. The van der Waals surface area contributed by atoms with Crippen LogP contribution in [0.2, 0.25) is 0 Å². The van der Waals surface area contributed by atoms with Crippen LogP contribution in [-0.2, 0) is 6.42 Å². The smallest absolute Gasteiger partial charge is 0.110 e. The largest absolute Gasteiger partial charge is 0.192 e. The molecule has 0 amide bonds. The van der Waals surface area contributed by atoms with Crippen LogP contribution in [-0.4, -0.2) is 0 Å². The Morgan fingerprint density at radius 1 is 1.19 bits per heavy atom. The Labute approximate surface area is 99.3 Å². The average Bonchev–Trinajstić information content (AvgIpc) is 2.79. The van der Waals surface area contributed by atoms with Gasteiger partial charge in [-0.25, -0.2) is 0 Å². The van der Waals surface area contributed by atoms with E-state index >= 15 is 0 Å². The SMILES string of the molecule is C=CCc1ccc(-c2ccc(C#N)s2)cc1. The van der Waals surface area contributed by atoms with E-state index in [2.05, 4.69) is 36.9 Å². The molecular formula is C14H11NS. The van der Waals surface area contributed by atoms with E-state index in [1.807, 2.05) is 18.2 Å². The lowest BCUT2D eigenvalue weighted by Gasteiger charge is -1.99. The third kappa shape index (κ3) is 2.21. The van der Waals surface area contributed by atoms with Gasteiger partial charge in [0.25, 0.3) is 0 Å². The number of hydrogen-bond donors (Lipinski definition) is 0. The summed E-state index contributed by atoms with van der Waals surface area (Å²) in [6, 6.07) is 14.4. The van der Waals surface area contributed by atoms with E-state index in [0.717, 1.165) is 16.2 Å². The molecule has 0 saturated carbocycles. The molecule has 1 aromatic carbocycles. The first-order valence-electron chi connectivity index (χ1n) is 5.03. The predicted molar refractivity (Wildman–Crippen MR) is 68.4 cm³/mol. The van der Waals surface area contributed by atoms with E-state index in [9.17, 15) is 0 Å². The second-order valence-electron chi connectivity index (χ2n) is 3.47. The molecule has 16 heavy (non-hydrogen) atoms. The zero-order valence-corrected chi connectivity index (χ0v) is 9.63. The van der Waals surface area contributed by atoms with Crippen LogP contribution in [0.4, 0.5) is 0 Å². The molecule has 2 aromatic rings. The van der Waals surface area contributed by atoms with Gasteiger partial charge in [-0.1, -0.05) is 30.3 Å². The number of nitrogens with zero attached hydrogens (tertiary/aromatic N) is 1. The predicted octanol–water partition coefficient (Wildman–Crippen LogP) is 4.02. The molecule has 0 fully saturated rings. The molecule has 0 aliphatic heterocycles. The molecule has 0 radical (unpaired) electrons. The second kappa shape index (κ2) is 4.78. The summed E-state index contributed by atoms with van der Waals surface area (Å²) < 4.78 is 0. The summed E-state index contributed by atoms with van der Waals surface area (Å²) in [6.07, 6.45) is 2.79. The van der Waals surface area contributed by atoms with Crippen LogP contribution < -0.4 is 0 Å². The van der Waals surface area contributed by atoms with Gasteiger partial charge in [0.05, 0.1) is 0 Å². The molecule has 0 aliphatic carbocycles. The first kappa shape index (κ1) is 10.7. The van der Waals surface area contributed by atoms with Crippen molar-refractivity contribution < 1.29 is 0 Å². The summed E-state index contributed by atoms with van der Waals surface area (Å²) in [4.78, 5) is 1.90. The highest BCUT2D eigenvalue weighted by Crippen LogP contribution is 2.27. The molecular weight excluding hydrogens is 214 g/mol. The van der Waals surface area contributed by atoms with Crippen molar-refractivity contribution in [3.8, 4) is 16.5 Å². The van der Waals surface area contributed by atoms with Crippen molar-refractivity contribution in [1.29, 1.82) is 5.26 Å². The highest BCUT2D eigenvalue weighted by Gasteiger charge is 2.01. The van der Waals surface area contributed by atoms with Gasteiger partial charge < -0.3 is 0 Å². The summed E-state index contributed by atoms with van der Waals surface area (Å²) in [6.45, 7) is 3.72. The van der Waals surface area contributed by atoms with Crippen LogP contribution in [0.3, 0.4) is 0 Å². The van der Waals surface area contributed by atoms with Crippen LogP contribution in [0.5, 0.6) is 0 Å². The van der Waals surface area contributed by atoms with Gasteiger partial charge in [-0.15, -0.1) is 17.9 Å². The van der Waals surface area contributed by atoms with Crippen molar-refractivity contribution in [3.63, 3.8) is 0 Å². The van der Waals surface area contributed by atoms with Crippen LogP contribution in [0.1, 0.15) is 10.4 Å². The van der Waals surface area contributed by atoms with Gasteiger partial charge in [-0.2, -0.15) is 5.26 Å². The highest BCUT2D eigenvalue weighted by atomic mass is 32.1. The van der Waals surface area contributed by atoms with Gasteiger partial charge in [0.2, 0.25) is 0 Å². The maximum Gasteiger partial charge on any atom is 0.110 e. The molecule has 0 saturated heterocycles. The third-order valence-electron chi connectivity index (χ3n) is 2.33. The molecule has 0 spiro atoms. The van der Waals surface area contributed by atoms with Crippen molar-refractivity contribution in [2.24, 2.45) is 0 Å². The quantitative estimate of drug-likeness (QED) is 0.724. The Balaban J connectivity index is 2.27. The lowest BCUT2D eigenvalue weighted by atomic mass is 10.1. The monoisotopic (exact) mass is 225 g/mol. The lowest BCUT2D eigenvalue weighted by Crippen LogP contribution is -1.79. The summed E-state index contributed by atoms with van der Waals surface area (Å²) in [5.74, 6) is 0. The van der Waals surface area contributed by atoms with Crippen molar-refractivity contribution in [3.05, 3.63) is 59.5 Å². The Morgan fingerprint density at radius 2 is 1.94 bits per heavy atom. The van der Waals surface area contributed by atoms with Crippen molar-refractivity contribution >= 4 is 11.3 Å². The Bertz CT molecular complexity index is 529. The van der Waals surface area contributed by atoms with Crippen molar-refractivity contribution in [2.45, 2.75) is 6.42 Å². The fourth-order valence-electron chi connectivity index (χ4n) is 1.52. The maximum absolute atomic E-state index is 8.76. The minimum atomic E-state index is 0.755. The fraction of sp³-hybridized carbons (Fsp3) is 0.0714. The highest BCUT2D eigenvalue weighted by molar-refractivity contribution is 7.16. The van der Waals surface area contributed by atoms with E-state index in [0.29, 0.717) is 0 Å². The summed E-state index contributed by atoms with van der Waals surface area (Å²) >= 11 is 1.52. The van der Waals surface area contributed by atoms with E-state index < -0.39 is 0 Å². The van der Waals surface area contributed by atoms with Gasteiger partial charge >= 0.3 is 0 Å². The van der Waals surface area contributed by atoms with Gasteiger partial charge in [-0.05, 0) is 29.7 Å². The van der Waals surface area contributed by atoms with Gasteiger partial charge in [-0.3, -0.25) is 0 Å². The van der Waals surface area contributed by atoms with Gasteiger partial charge in [0.15, 0.2) is 0 Å². The Hall–Kier alpha value is -1.85. The van der Waals surface area contributed by atoms with Gasteiger partial charge in [0.1, 0.15) is 10.9 Å². The van der Waals surface area contributed by atoms with Crippen LogP contribution in [0.25, 0.3) is 10.4 Å². The summed E-state index contributed by atoms with van der Waals surface area (Å²) in [5, 5.41) is 8.76. The molecule has 1 heterocycles. The maximum atomic E-state index is 8.76. The molecule has 1 aromatic heterocycles. The standard InChI is InChI=1S/C14H11NS/c1-2-3-11-4-6-12(7-5-11)14-9-8-13(10-15)16-14/h2,4-9H,1,3H2. The molecule has 1 nitrogen and oxygen atoms in total. The minimum Gasteiger partial charge on any atom is -0.192 e. The molecule has 0 unspecified atom stereocenters. The van der Waals surface area contributed by atoms with Gasteiger partial charge in [0, 0.05) is 4.88 Å². The first-order valence-corrected chi connectivity index (χ1v) is 5.85. The first-order chi connectivity index (χ1) is 7.83. The van der Waals surface area contributed by atoms with Crippen LogP contribution in [0.15, 0.2) is 49.1 Å². The number of benzene rings is 1.